The van der Waals surface area contributed by atoms with Gasteiger partial charge in [-0.1, -0.05) is 41.6 Å². The lowest BCUT2D eigenvalue weighted by molar-refractivity contribution is -0.305. The summed E-state index contributed by atoms with van der Waals surface area (Å²) in [6, 6.07) is 7.42. The van der Waals surface area contributed by atoms with Gasteiger partial charge in [-0.25, -0.2) is 4.79 Å². The molecule has 7 nitrogen and oxygen atoms in total. The Morgan fingerprint density at radius 3 is 2.64 bits per heavy atom. The van der Waals surface area contributed by atoms with Gasteiger partial charge in [0.25, 0.3) is 5.24 Å². The molecule has 2 bridgehead atoms. The van der Waals surface area contributed by atoms with Crippen LogP contribution in [-0.2, 0) is 25.5 Å². The van der Waals surface area contributed by atoms with Gasteiger partial charge in [0, 0.05) is 38.3 Å². The molecule has 2 saturated heterocycles. The fraction of sp³-hybridized carbons (Fsp3) is 0.571. The van der Waals surface area contributed by atoms with Crippen LogP contribution in [0.15, 0.2) is 48.1 Å². The number of carbonyl (C=O) groups is 2. The minimum absolute atomic E-state index is 0.00246. The Morgan fingerprint density at radius 2 is 1.89 bits per heavy atom. The standard InChI is InChI=1S/C28H37NO6S/c1-20-9-7-5-4-6-8-10-23-16-24(34-26(30)15-20)17-28(33-3,35-23)25-19-36-27(31)29(25)18-21-11-13-22(32-2)14-12-21/h4-5,11-15,23-25H,6-10,16-19H2,1-3H3/b5-4+,20-15-/t23?,24-,25+,28-/m1/s1. The van der Waals surface area contributed by atoms with Gasteiger partial charge in [-0.2, -0.15) is 0 Å². The van der Waals surface area contributed by atoms with Crippen molar-refractivity contribution in [1.82, 2.24) is 4.90 Å². The van der Waals surface area contributed by atoms with Crippen molar-refractivity contribution < 1.29 is 28.5 Å². The molecule has 3 aliphatic rings. The summed E-state index contributed by atoms with van der Waals surface area (Å²) in [6.45, 7) is 2.41. The fourth-order valence-corrected chi connectivity index (χ4v) is 6.31. The van der Waals surface area contributed by atoms with Crippen LogP contribution in [0.3, 0.4) is 0 Å². The first-order valence-corrected chi connectivity index (χ1v) is 13.7. The summed E-state index contributed by atoms with van der Waals surface area (Å²) in [5, 5.41) is -0.00246. The highest BCUT2D eigenvalue weighted by atomic mass is 32.2. The van der Waals surface area contributed by atoms with Gasteiger partial charge in [0.2, 0.25) is 0 Å². The molecule has 8 heteroatoms. The van der Waals surface area contributed by atoms with Gasteiger partial charge in [-0.05, 0) is 56.7 Å². The minimum atomic E-state index is -1.05. The van der Waals surface area contributed by atoms with Crippen molar-refractivity contribution >= 4 is 23.0 Å². The van der Waals surface area contributed by atoms with Crippen LogP contribution < -0.4 is 4.74 Å². The van der Waals surface area contributed by atoms with Crippen LogP contribution in [0.2, 0.25) is 0 Å². The highest BCUT2D eigenvalue weighted by molar-refractivity contribution is 8.13. The molecule has 1 aromatic carbocycles. The summed E-state index contributed by atoms with van der Waals surface area (Å²) in [7, 11) is 3.26. The average molecular weight is 516 g/mol. The zero-order valence-electron chi connectivity index (χ0n) is 21.4. The second kappa shape index (κ2) is 12.3. The Labute approximate surface area is 218 Å². The van der Waals surface area contributed by atoms with Crippen LogP contribution in [0.1, 0.15) is 57.4 Å². The lowest BCUT2D eigenvalue weighted by Crippen LogP contribution is -2.60. The maximum Gasteiger partial charge on any atom is 0.330 e. The number of thioether (sulfide) groups is 1. The number of amides is 1. The average Bonchev–Trinajstić information content (AvgIpc) is 3.23. The van der Waals surface area contributed by atoms with Gasteiger partial charge in [0.1, 0.15) is 11.9 Å². The Hall–Kier alpha value is -2.29. The van der Waals surface area contributed by atoms with Gasteiger partial charge in [-0.3, -0.25) is 4.79 Å². The Bertz CT molecular complexity index is 977. The SMILES string of the molecule is COc1ccc(CN2C(=O)SC[C@H]2[C@@]2(OC)C[C@H]3CC(CCC/C=C/CC/C(C)=C\C(=O)O3)O2)cc1. The number of methoxy groups -OCH3 is 2. The number of carbonyl (C=O) groups excluding carboxylic acids is 2. The van der Waals surface area contributed by atoms with Crippen molar-refractivity contribution in [2.75, 3.05) is 20.0 Å². The summed E-state index contributed by atoms with van der Waals surface area (Å²) >= 11 is 1.28. The van der Waals surface area contributed by atoms with E-state index in [0.29, 0.717) is 25.1 Å². The predicted molar refractivity (Wildman–Crippen MR) is 140 cm³/mol. The quantitative estimate of drug-likeness (QED) is 0.371. The molecule has 3 heterocycles. The topological polar surface area (TPSA) is 74.3 Å². The fourth-order valence-electron chi connectivity index (χ4n) is 5.22. The minimum Gasteiger partial charge on any atom is -0.497 e. The van der Waals surface area contributed by atoms with Crippen molar-refractivity contribution in [3.63, 3.8) is 0 Å². The third kappa shape index (κ3) is 6.52. The molecule has 0 aromatic heterocycles. The smallest absolute Gasteiger partial charge is 0.330 e. The molecular weight excluding hydrogens is 478 g/mol. The van der Waals surface area contributed by atoms with E-state index in [2.05, 4.69) is 12.2 Å². The molecule has 1 amide bonds. The zero-order valence-corrected chi connectivity index (χ0v) is 22.3. The lowest BCUT2D eigenvalue weighted by Gasteiger charge is -2.48. The van der Waals surface area contributed by atoms with Crippen molar-refractivity contribution in [3.05, 3.63) is 53.6 Å². The van der Waals surface area contributed by atoms with Crippen LogP contribution in [-0.4, -0.2) is 60.1 Å². The monoisotopic (exact) mass is 515 g/mol. The Balaban J connectivity index is 1.58. The van der Waals surface area contributed by atoms with E-state index in [1.54, 1.807) is 20.3 Å². The van der Waals surface area contributed by atoms with Crippen molar-refractivity contribution in [1.29, 1.82) is 0 Å². The van der Waals surface area contributed by atoms with E-state index in [0.717, 1.165) is 49.0 Å². The maximum absolute atomic E-state index is 13.0. The van der Waals surface area contributed by atoms with Crippen molar-refractivity contribution in [2.45, 2.75) is 82.5 Å². The maximum atomic E-state index is 13.0. The first-order chi connectivity index (χ1) is 17.4. The van der Waals surface area contributed by atoms with E-state index in [1.807, 2.05) is 36.1 Å². The van der Waals surface area contributed by atoms with E-state index < -0.39 is 5.79 Å². The Morgan fingerprint density at radius 1 is 1.11 bits per heavy atom. The molecule has 196 valence electrons. The second-order valence-corrected chi connectivity index (χ2v) is 10.7. The molecule has 36 heavy (non-hydrogen) atoms. The van der Waals surface area contributed by atoms with Crippen LogP contribution >= 0.6 is 11.8 Å². The van der Waals surface area contributed by atoms with Gasteiger partial charge in [0.15, 0.2) is 5.79 Å². The van der Waals surface area contributed by atoms with Crippen LogP contribution in [0.4, 0.5) is 4.79 Å². The third-order valence-electron chi connectivity index (χ3n) is 7.16. The van der Waals surface area contributed by atoms with E-state index in [-0.39, 0.29) is 29.5 Å². The number of esters is 1. The zero-order chi connectivity index (χ0) is 25.5. The summed E-state index contributed by atoms with van der Waals surface area (Å²) < 4.78 is 24.0. The number of rotatable bonds is 5. The predicted octanol–water partition coefficient (Wildman–Crippen LogP) is 5.63. The number of hydrogen-bond donors (Lipinski definition) is 0. The summed E-state index contributed by atoms with van der Waals surface area (Å²) in [5.41, 5.74) is 2.01. The summed E-state index contributed by atoms with van der Waals surface area (Å²) in [4.78, 5) is 27.5. The molecule has 0 aliphatic carbocycles. The van der Waals surface area contributed by atoms with Gasteiger partial charge < -0.3 is 23.8 Å². The third-order valence-corrected chi connectivity index (χ3v) is 8.12. The first-order valence-electron chi connectivity index (χ1n) is 12.7. The van der Waals surface area contributed by atoms with Gasteiger partial charge >= 0.3 is 5.97 Å². The summed E-state index contributed by atoms with van der Waals surface area (Å²) in [5.74, 6) is -0.0489. The molecule has 2 fully saturated rings. The van der Waals surface area contributed by atoms with Crippen LogP contribution in [0.25, 0.3) is 0 Å². The molecule has 3 aliphatic heterocycles. The molecule has 4 atom stereocenters. The van der Waals surface area contributed by atoms with Crippen LogP contribution in [0, 0.1) is 0 Å². The molecule has 0 spiro atoms. The number of benzene rings is 1. The van der Waals surface area contributed by atoms with Gasteiger partial charge in [0.05, 0.1) is 19.3 Å². The summed E-state index contributed by atoms with van der Waals surface area (Å²) in [6.07, 6.45) is 11.1. The molecule has 4 rings (SSSR count). The number of ether oxygens (including phenoxy) is 4. The molecule has 1 unspecified atom stereocenters. The van der Waals surface area contributed by atoms with Crippen molar-refractivity contribution in [2.24, 2.45) is 0 Å². The number of hydrogen-bond acceptors (Lipinski definition) is 7. The molecular formula is C28H37NO6S. The van der Waals surface area contributed by atoms with E-state index in [4.69, 9.17) is 18.9 Å². The number of fused-ring (bicyclic) bond motifs is 2. The number of nitrogens with zero attached hydrogens (tertiary/aromatic N) is 1. The lowest BCUT2D eigenvalue weighted by atomic mass is 9.90. The molecule has 1 aromatic rings. The van der Waals surface area contributed by atoms with E-state index in [9.17, 15) is 9.59 Å². The van der Waals surface area contributed by atoms with Crippen molar-refractivity contribution in [3.8, 4) is 5.75 Å². The van der Waals surface area contributed by atoms with Gasteiger partial charge in [-0.15, -0.1) is 0 Å². The second-order valence-electron chi connectivity index (χ2n) is 9.75. The van der Waals surface area contributed by atoms with Crippen LogP contribution in [0.5, 0.6) is 5.75 Å². The molecule has 0 radical (unpaired) electrons. The normalized spacial score (nSPS) is 32.2. The highest BCUT2D eigenvalue weighted by Gasteiger charge is 2.54. The molecule has 0 saturated carbocycles. The van der Waals surface area contributed by atoms with E-state index >= 15 is 0 Å². The largest absolute Gasteiger partial charge is 0.497 e. The Kier molecular flexibility index (Phi) is 9.14. The first kappa shape index (κ1) is 26.8. The molecule has 0 N–H and O–H groups in total. The van der Waals surface area contributed by atoms with E-state index in [1.165, 1.54) is 11.8 Å². The highest BCUT2D eigenvalue weighted by Crippen LogP contribution is 2.43. The number of allylic oxidation sites excluding steroid dienone is 3.